The third-order valence-electron chi connectivity index (χ3n) is 4.98. The van der Waals surface area contributed by atoms with E-state index in [0.717, 1.165) is 0 Å². The molecule has 0 unspecified atom stereocenters. The summed E-state index contributed by atoms with van der Waals surface area (Å²) in [4.78, 5) is 25.5. The average Bonchev–Trinajstić information content (AvgIpc) is 2.87. The van der Waals surface area contributed by atoms with Crippen LogP contribution in [-0.4, -0.2) is 11.3 Å². The van der Waals surface area contributed by atoms with Crippen molar-refractivity contribution in [1.29, 1.82) is 0 Å². The Morgan fingerprint density at radius 1 is 0.419 bits per heavy atom. The molecule has 4 aromatic carbocycles. The summed E-state index contributed by atoms with van der Waals surface area (Å²) in [5.74, 6) is 0. The van der Waals surface area contributed by atoms with Crippen molar-refractivity contribution in [3.63, 3.8) is 0 Å². The lowest BCUT2D eigenvalue weighted by Crippen LogP contribution is -2.25. The summed E-state index contributed by atoms with van der Waals surface area (Å²) >= 11 is 0. The molecule has 3 nitrogen and oxygen atoms in total. The Hall–Kier alpha value is -3.14. The molecule has 0 amide bonds. The van der Waals surface area contributed by atoms with Crippen molar-refractivity contribution in [2.75, 3.05) is 0 Å². The molecule has 0 aliphatic carbocycles. The van der Waals surface area contributed by atoms with Crippen molar-refractivity contribution in [2.45, 2.75) is 0 Å². The van der Waals surface area contributed by atoms with Crippen LogP contribution in [0, 0.1) is 0 Å². The van der Waals surface area contributed by atoms with E-state index in [0.29, 0.717) is 21.2 Å². The van der Waals surface area contributed by atoms with E-state index in [1.54, 1.807) is 0 Å². The van der Waals surface area contributed by atoms with Crippen LogP contribution < -0.4 is 21.2 Å². The van der Waals surface area contributed by atoms with Crippen LogP contribution in [0.25, 0.3) is 0 Å². The van der Waals surface area contributed by atoms with Gasteiger partial charge in [0.25, 0.3) is 0 Å². The van der Waals surface area contributed by atoms with Crippen LogP contribution in [-0.2, 0) is 13.9 Å². The Kier molecular flexibility index (Phi) is 6.36. The second-order valence-corrected chi connectivity index (χ2v) is 12.3. The van der Waals surface area contributed by atoms with E-state index < -0.39 is 14.2 Å². The molecule has 0 saturated carbocycles. The fraction of sp³-hybridized carbons (Fsp3) is 0. The van der Waals surface area contributed by atoms with Gasteiger partial charge in [0.1, 0.15) is 0 Å². The van der Waals surface area contributed by atoms with Gasteiger partial charge in [-0.3, -0.25) is 0 Å². The summed E-state index contributed by atoms with van der Waals surface area (Å²) in [5.41, 5.74) is 4.53. The molecule has 0 saturated heterocycles. The number of rotatable bonds is 6. The summed E-state index contributed by atoms with van der Waals surface area (Å²) < 4.78 is 6.84. The monoisotopic (exact) mass is 442 g/mol. The molecular formula is C26H20O3P2. The van der Waals surface area contributed by atoms with Crippen LogP contribution >= 0.6 is 14.2 Å². The highest BCUT2D eigenvalue weighted by Gasteiger charge is 2.36. The summed E-state index contributed by atoms with van der Waals surface area (Å²) in [6.07, 6.45) is 0. The third-order valence-corrected chi connectivity index (χ3v) is 11.6. The van der Waals surface area contributed by atoms with E-state index >= 15 is 0 Å². The van der Waals surface area contributed by atoms with Crippen molar-refractivity contribution >= 4 is 46.8 Å². The van der Waals surface area contributed by atoms with Gasteiger partial charge in [-0.25, -0.2) is 9.59 Å². The molecule has 5 heteroatoms. The molecule has 0 spiro atoms. The van der Waals surface area contributed by atoms with Gasteiger partial charge in [0.15, 0.2) is 25.5 Å². The van der Waals surface area contributed by atoms with E-state index in [9.17, 15) is 9.59 Å². The zero-order chi connectivity index (χ0) is 21.6. The van der Waals surface area contributed by atoms with Crippen molar-refractivity contribution in [1.82, 2.24) is 0 Å². The molecular weight excluding hydrogens is 422 g/mol. The lowest BCUT2D eigenvalue weighted by molar-refractivity contribution is 0.567. The zero-order valence-electron chi connectivity index (χ0n) is 16.7. The highest BCUT2D eigenvalue weighted by Crippen LogP contribution is 2.61. The first-order valence-corrected chi connectivity index (χ1v) is 13.2. The highest BCUT2D eigenvalue weighted by atomic mass is 31.2. The Labute approximate surface area is 182 Å². The van der Waals surface area contributed by atoms with Gasteiger partial charge in [-0.05, 0) is 0 Å². The second kappa shape index (κ2) is 9.34. The van der Waals surface area contributed by atoms with Crippen LogP contribution in [0.15, 0.2) is 121 Å². The predicted molar refractivity (Wildman–Crippen MR) is 131 cm³/mol. The minimum atomic E-state index is -3.17. The first-order valence-electron chi connectivity index (χ1n) is 9.76. The third kappa shape index (κ3) is 3.95. The molecule has 0 radical (unpaired) electrons. The molecule has 0 fully saturated rings. The van der Waals surface area contributed by atoms with Crippen molar-refractivity contribution in [2.24, 2.45) is 0 Å². The summed E-state index contributed by atoms with van der Waals surface area (Å²) in [6, 6.07) is 37.4. The smallest absolute Gasteiger partial charge is 0.152 e. The van der Waals surface area contributed by atoms with Gasteiger partial charge in [0.05, 0.1) is 0 Å². The van der Waals surface area contributed by atoms with Gasteiger partial charge in [-0.1, -0.05) is 121 Å². The van der Waals surface area contributed by atoms with Crippen LogP contribution in [0.3, 0.4) is 0 Å². The molecule has 0 atom stereocenters. The minimum Gasteiger partial charge on any atom is -0.302 e. The quantitative estimate of drug-likeness (QED) is 0.418. The summed E-state index contributed by atoms with van der Waals surface area (Å²) in [6.45, 7) is 0. The van der Waals surface area contributed by atoms with E-state index in [1.165, 1.54) is 0 Å². The molecule has 0 N–H and O–H groups in total. The summed E-state index contributed by atoms with van der Waals surface area (Å²) in [5, 5.41) is 2.84. The Bertz CT molecular complexity index is 1120. The van der Waals surface area contributed by atoms with E-state index in [-0.39, 0.29) is 0 Å². The Balaban J connectivity index is 2.07. The van der Waals surface area contributed by atoms with Crippen LogP contribution in [0.2, 0.25) is 0 Å². The lowest BCUT2D eigenvalue weighted by atomic mass is 10.4. The molecule has 0 heterocycles. The van der Waals surface area contributed by atoms with Gasteiger partial charge in [-0.15, -0.1) is 0 Å². The SMILES string of the molecule is O=C=P(OP(=C=O)(c1ccccc1)c1ccccc1)(c1ccccc1)c1ccccc1. The molecule has 4 rings (SSSR count). The van der Waals surface area contributed by atoms with Gasteiger partial charge in [0, 0.05) is 21.2 Å². The number of benzene rings is 4. The lowest BCUT2D eigenvalue weighted by Gasteiger charge is -2.31. The second-order valence-electron chi connectivity index (χ2n) is 6.82. The highest BCUT2D eigenvalue weighted by molar-refractivity contribution is 7.95. The Morgan fingerprint density at radius 2 is 0.645 bits per heavy atom. The van der Waals surface area contributed by atoms with Gasteiger partial charge < -0.3 is 4.31 Å². The van der Waals surface area contributed by atoms with Crippen LogP contribution in [0.5, 0.6) is 0 Å². The first-order chi connectivity index (χ1) is 15.2. The van der Waals surface area contributed by atoms with E-state index in [2.05, 4.69) is 11.3 Å². The van der Waals surface area contributed by atoms with Crippen LogP contribution in [0.1, 0.15) is 0 Å². The average molecular weight is 442 g/mol. The maximum absolute atomic E-state index is 12.8. The molecule has 152 valence electrons. The molecule has 0 aliphatic rings. The van der Waals surface area contributed by atoms with Gasteiger partial charge in [0.2, 0.25) is 0 Å². The zero-order valence-corrected chi connectivity index (χ0v) is 18.5. The van der Waals surface area contributed by atoms with Crippen LogP contribution in [0.4, 0.5) is 0 Å². The topological polar surface area (TPSA) is 43.4 Å². The maximum atomic E-state index is 12.8. The fourth-order valence-corrected chi connectivity index (χ4v) is 10.1. The minimum absolute atomic E-state index is 0.711. The largest absolute Gasteiger partial charge is 0.302 e. The summed E-state index contributed by atoms with van der Waals surface area (Å²) in [7, 11) is -6.34. The van der Waals surface area contributed by atoms with Crippen molar-refractivity contribution < 1.29 is 13.9 Å². The predicted octanol–water partition coefficient (Wildman–Crippen LogP) is 4.30. The van der Waals surface area contributed by atoms with Gasteiger partial charge in [-0.2, -0.15) is 0 Å². The van der Waals surface area contributed by atoms with E-state index in [4.69, 9.17) is 4.31 Å². The van der Waals surface area contributed by atoms with E-state index in [1.807, 2.05) is 121 Å². The molecule has 31 heavy (non-hydrogen) atoms. The molecule has 4 aromatic rings. The Morgan fingerprint density at radius 3 is 0.839 bits per heavy atom. The molecule has 0 aliphatic heterocycles. The van der Waals surface area contributed by atoms with Crippen molar-refractivity contribution in [3.05, 3.63) is 121 Å². The fourth-order valence-electron chi connectivity index (χ4n) is 3.47. The number of carbonyl (C=O) groups excluding carboxylic acids is 2. The first kappa shape index (κ1) is 21.1. The van der Waals surface area contributed by atoms with Gasteiger partial charge >= 0.3 is 0 Å². The normalized spacial score (nSPS) is 11.4. The number of hydrogen-bond acceptors (Lipinski definition) is 3. The molecule has 0 bridgehead atoms. The number of hydrogen-bond donors (Lipinski definition) is 0. The van der Waals surface area contributed by atoms with Crippen molar-refractivity contribution in [3.8, 4) is 0 Å². The molecule has 0 aromatic heterocycles. The standard InChI is InChI=1S/C26H20O3P2/c27-21-30(23-13-5-1-6-14-23,24-15-7-2-8-16-24)29-31(22-28,25-17-9-3-10-18-25)26-19-11-4-12-20-26/h1-20H. The maximum Gasteiger partial charge on any atom is 0.152 e.